The Morgan fingerprint density at radius 3 is 2.09 bits per heavy atom. The summed E-state index contributed by atoms with van der Waals surface area (Å²) in [6.45, 7) is 6.86. The molecule has 0 heterocycles. The number of hydrogen-bond acceptors (Lipinski definition) is 8. The van der Waals surface area contributed by atoms with E-state index >= 15 is 0 Å². The first kappa shape index (κ1) is 29.7. The van der Waals surface area contributed by atoms with E-state index in [2.05, 4.69) is 20.7 Å². The Kier molecular flexibility index (Phi) is 13.2. The lowest BCUT2D eigenvalue weighted by Gasteiger charge is -2.19. The van der Waals surface area contributed by atoms with E-state index in [0.717, 1.165) is 37.9 Å². The molecule has 0 aliphatic heterocycles. The van der Waals surface area contributed by atoms with Gasteiger partial charge in [0.25, 0.3) is 5.91 Å². The fourth-order valence-corrected chi connectivity index (χ4v) is 3.08. The van der Waals surface area contributed by atoms with Gasteiger partial charge >= 0.3 is 18.0 Å². The predicted octanol–water partition coefficient (Wildman–Crippen LogP) is 3.41. The lowest BCUT2D eigenvalue weighted by atomic mass is 10.1. The molecule has 10 nitrogen and oxygen atoms in total. The minimum Gasteiger partial charge on any atom is -0.469 e. The highest BCUT2D eigenvalue weighted by atomic mass is 16.6. The summed E-state index contributed by atoms with van der Waals surface area (Å²) in [4.78, 5) is 47.3. The van der Waals surface area contributed by atoms with E-state index in [1.807, 2.05) is 20.8 Å². The Bertz CT molecular complexity index is 819. The molecule has 2 amide bonds. The van der Waals surface area contributed by atoms with E-state index in [1.165, 1.54) is 14.2 Å². The van der Waals surface area contributed by atoms with Gasteiger partial charge in [0.2, 0.25) is 0 Å². The molecule has 0 saturated carbocycles. The van der Waals surface area contributed by atoms with Gasteiger partial charge in [-0.05, 0) is 64.3 Å². The third-order valence-corrected chi connectivity index (χ3v) is 4.90. The van der Waals surface area contributed by atoms with E-state index < -0.39 is 35.6 Å². The van der Waals surface area contributed by atoms with Crippen molar-refractivity contribution in [1.29, 1.82) is 0 Å². The van der Waals surface area contributed by atoms with Crippen LogP contribution in [0, 0.1) is 0 Å². The van der Waals surface area contributed by atoms with Crippen molar-refractivity contribution in [2.45, 2.75) is 70.9 Å². The highest BCUT2D eigenvalue weighted by Gasteiger charge is 2.23. The average molecular weight is 494 g/mol. The Morgan fingerprint density at radius 1 is 0.886 bits per heavy atom. The van der Waals surface area contributed by atoms with Crippen LogP contribution < -0.4 is 16.0 Å². The van der Waals surface area contributed by atoms with Crippen molar-refractivity contribution < 1.29 is 33.4 Å². The normalized spacial score (nSPS) is 11.7. The second-order valence-electron chi connectivity index (χ2n) is 9.01. The minimum absolute atomic E-state index is 0.0142. The zero-order chi connectivity index (χ0) is 26.3. The number of alkyl carbamates (subject to hydrolysis) is 1. The topological polar surface area (TPSA) is 132 Å². The van der Waals surface area contributed by atoms with Crippen molar-refractivity contribution >= 4 is 29.6 Å². The molecule has 0 aromatic heterocycles. The Hall–Kier alpha value is -3.30. The maximum atomic E-state index is 12.5. The van der Waals surface area contributed by atoms with E-state index in [-0.39, 0.29) is 12.8 Å². The monoisotopic (exact) mass is 493 g/mol. The summed E-state index contributed by atoms with van der Waals surface area (Å²) < 4.78 is 14.5. The molecule has 0 aliphatic carbocycles. The quantitative estimate of drug-likeness (QED) is 0.204. The number of benzene rings is 1. The van der Waals surface area contributed by atoms with Crippen LogP contribution in [0.15, 0.2) is 24.3 Å². The van der Waals surface area contributed by atoms with Crippen LogP contribution in [-0.4, -0.2) is 62.9 Å². The third kappa shape index (κ3) is 13.2. The van der Waals surface area contributed by atoms with Gasteiger partial charge in [0.1, 0.15) is 11.6 Å². The molecule has 1 aromatic carbocycles. The smallest absolute Gasteiger partial charge is 0.407 e. The first-order valence-electron chi connectivity index (χ1n) is 11.8. The molecule has 1 atom stereocenters. The lowest BCUT2D eigenvalue weighted by Crippen LogP contribution is -2.41. The van der Waals surface area contributed by atoms with Crippen molar-refractivity contribution in [3.63, 3.8) is 0 Å². The van der Waals surface area contributed by atoms with Gasteiger partial charge in [-0.3, -0.25) is 9.59 Å². The second-order valence-corrected chi connectivity index (χ2v) is 9.01. The maximum Gasteiger partial charge on any atom is 0.407 e. The van der Waals surface area contributed by atoms with E-state index in [1.54, 1.807) is 24.3 Å². The van der Waals surface area contributed by atoms with Gasteiger partial charge in [-0.15, -0.1) is 0 Å². The van der Waals surface area contributed by atoms with Gasteiger partial charge in [-0.2, -0.15) is 0 Å². The van der Waals surface area contributed by atoms with E-state index in [9.17, 15) is 19.2 Å². The summed E-state index contributed by atoms with van der Waals surface area (Å²) in [6.07, 6.45) is 3.54. The number of anilines is 1. The summed E-state index contributed by atoms with van der Waals surface area (Å²) in [6, 6.07) is 5.97. The molecular formula is C25H39N3O7. The number of esters is 2. The number of carbonyl (C=O) groups is 4. The number of rotatable bonds is 14. The number of unbranched alkanes of at least 4 members (excludes halogenated alkanes) is 3. The van der Waals surface area contributed by atoms with Crippen LogP contribution in [0.25, 0.3) is 0 Å². The lowest BCUT2D eigenvalue weighted by molar-refractivity contribution is -0.144. The summed E-state index contributed by atoms with van der Waals surface area (Å²) >= 11 is 0. The number of methoxy groups -OCH3 is 2. The Balaban J connectivity index is 2.32. The van der Waals surface area contributed by atoms with Gasteiger partial charge in [0, 0.05) is 30.8 Å². The molecule has 196 valence electrons. The van der Waals surface area contributed by atoms with Crippen LogP contribution in [-0.2, 0) is 23.8 Å². The van der Waals surface area contributed by atoms with Crippen LogP contribution in [0.1, 0.15) is 69.7 Å². The fourth-order valence-electron chi connectivity index (χ4n) is 3.08. The third-order valence-electron chi connectivity index (χ3n) is 4.90. The van der Waals surface area contributed by atoms with Crippen molar-refractivity contribution in [1.82, 2.24) is 10.6 Å². The highest BCUT2D eigenvalue weighted by Crippen LogP contribution is 2.12. The molecule has 0 aliphatic rings. The number of nitrogens with one attached hydrogen (secondary N) is 3. The largest absolute Gasteiger partial charge is 0.469 e. The average Bonchev–Trinajstić information content (AvgIpc) is 2.81. The van der Waals surface area contributed by atoms with Gasteiger partial charge < -0.3 is 30.2 Å². The van der Waals surface area contributed by atoms with Gasteiger partial charge in [0.05, 0.1) is 14.2 Å². The zero-order valence-electron chi connectivity index (χ0n) is 21.4. The van der Waals surface area contributed by atoms with Crippen LogP contribution >= 0.6 is 0 Å². The summed E-state index contributed by atoms with van der Waals surface area (Å²) in [5.74, 6) is -1.53. The molecule has 1 unspecified atom stereocenters. The van der Waals surface area contributed by atoms with Gasteiger partial charge in [-0.25, -0.2) is 9.59 Å². The van der Waals surface area contributed by atoms with Crippen LogP contribution in [0.5, 0.6) is 0 Å². The summed E-state index contributed by atoms with van der Waals surface area (Å²) in [5.41, 5.74) is 0.776. The van der Waals surface area contributed by atoms with Crippen LogP contribution in [0.3, 0.4) is 0 Å². The van der Waals surface area contributed by atoms with Gasteiger partial charge in [-0.1, -0.05) is 12.8 Å². The molecule has 3 N–H and O–H groups in total. The van der Waals surface area contributed by atoms with E-state index in [4.69, 9.17) is 9.47 Å². The molecule has 0 radical (unpaired) electrons. The van der Waals surface area contributed by atoms with Gasteiger partial charge in [0.15, 0.2) is 0 Å². The molecule has 1 rings (SSSR count). The molecule has 35 heavy (non-hydrogen) atoms. The number of amides is 2. The highest BCUT2D eigenvalue weighted by molar-refractivity contribution is 5.97. The minimum atomic E-state index is -0.941. The Morgan fingerprint density at radius 2 is 1.51 bits per heavy atom. The molecule has 0 bridgehead atoms. The predicted molar refractivity (Wildman–Crippen MR) is 132 cm³/mol. The standard InChI is InChI=1S/C25H39N3O7/c1-25(2,3)35-24(32)27-17-9-7-6-8-16-26-19-12-10-18(11-13-19)22(30)28-20(23(31)34-5)14-15-21(29)33-4/h10-13,20,26H,6-9,14-17H2,1-5H3,(H,27,32)(H,28,30). The summed E-state index contributed by atoms with van der Waals surface area (Å²) in [5, 5.41) is 8.66. The fraction of sp³-hybridized carbons (Fsp3) is 0.600. The number of hydrogen-bond donors (Lipinski definition) is 3. The molecule has 0 spiro atoms. The van der Waals surface area contributed by atoms with Crippen molar-refractivity contribution in [3.8, 4) is 0 Å². The molecule has 10 heteroatoms. The van der Waals surface area contributed by atoms with Crippen molar-refractivity contribution in [2.75, 3.05) is 32.6 Å². The van der Waals surface area contributed by atoms with Crippen LogP contribution in [0.4, 0.5) is 10.5 Å². The molecule has 0 fully saturated rings. The maximum absolute atomic E-state index is 12.5. The molecule has 1 aromatic rings. The second kappa shape index (κ2) is 15.6. The van der Waals surface area contributed by atoms with E-state index in [0.29, 0.717) is 12.1 Å². The number of ether oxygens (including phenoxy) is 3. The van der Waals surface area contributed by atoms with Crippen LogP contribution in [0.2, 0.25) is 0 Å². The Labute approximate surface area is 207 Å². The first-order chi connectivity index (χ1) is 16.6. The van der Waals surface area contributed by atoms with Crippen molar-refractivity contribution in [2.24, 2.45) is 0 Å². The zero-order valence-corrected chi connectivity index (χ0v) is 21.4. The SMILES string of the molecule is COC(=O)CCC(NC(=O)c1ccc(NCCCCCCNC(=O)OC(C)(C)C)cc1)C(=O)OC. The summed E-state index contributed by atoms with van der Waals surface area (Å²) in [7, 11) is 2.48. The van der Waals surface area contributed by atoms with Crippen molar-refractivity contribution in [3.05, 3.63) is 29.8 Å². The first-order valence-corrected chi connectivity index (χ1v) is 11.8. The number of carbonyl (C=O) groups excluding carboxylic acids is 4. The molecule has 0 saturated heterocycles. The molecular weight excluding hydrogens is 454 g/mol.